The number of benzene rings is 2. The summed E-state index contributed by atoms with van der Waals surface area (Å²) in [6.45, 7) is 4.11. The number of anilines is 2. The summed E-state index contributed by atoms with van der Waals surface area (Å²) in [4.78, 5) is 4.66. The summed E-state index contributed by atoms with van der Waals surface area (Å²) in [5.41, 5.74) is 5.70. The van der Waals surface area contributed by atoms with Crippen molar-refractivity contribution in [1.29, 1.82) is 0 Å². The van der Waals surface area contributed by atoms with E-state index in [0.717, 1.165) is 44.2 Å². The van der Waals surface area contributed by atoms with E-state index in [4.69, 9.17) is 11.6 Å². The van der Waals surface area contributed by atoms with Crippen LogP contribution in [0.2, 0.25) is 5.02 Å². The van der Waals surface area contributed by atoms with E-state index in [1.165, 1.54) is 11.3 Å². The van der Waals surface area contributed by atoms with E-state index in [0.29, 0.717) is 5.02 Å². The fourth-order valence-corrected chi connectivity index (χ4v) is 3.68. The molecule has 0 fully saturated rings. The Kier molecular flexibility index (Phi) is 4.11. The molecule has 1 N–H and O–H groups in total. The molecule has 0 aliphatic rings. The van der Waals surface area contributed by atoms with Crippen molar-refractivity contribution in [3.8, 4) is 11.4 Å². The van der Waals surface area contributed by atoms with Gasteiger partial charge in [0.2, 0.25) is 0 Å². The standard InChI is InChI=1S/C19H15ClN4S/c1-11-5-3-8-15-12(2)18(24-23-17(11)15)16-10-25-19(22-16)21-14-7-4-6-13(20)9-14/h3-10H,1-2H3,(H,21,22). The number of hydrogen-bond acceptors (Lipinski definition) is 5. The Bertz CT molecular complexity index is 1070. The maximum absolute atomic E-state index is 6.03. The van der Waals surface area contributed by atoms with E-state index >= 15 is 0 Å². The highest BCUT2D eigenvalue weighted by atomic mass is 35.5. The second kappa shape index (κ2) is 6.43. The molecule has 0 spiro atoms. The average molecular weight is 367 g/mol. The van der Waals surface area contributed by atoms with E-state index in [1.807, 2.05) is 48.7 Å². The summed E-state index contributed by atoms with van der Waals surface area (Å²) in [6.07, 6.45) is 0. The van der Waals surface area contributed by atoms with E-state index < -0.39 is 0 Å². The number of aryl methyl sites for hydroxylation is 2. The molecule has 2 aromatic carbocycles. The second-order valence-electron chi connectivity index (χ2n) is 5.82. The van der Waals surface area contributed by atoms with E-state index in [1.54, 1.807) is 0 Å². The van der Waals surface area contributed by atoms with Gasteiger partial charge in [0.05, 0.1) is 5.52 Å². The van der Waals surface area contributed by atoms with Gasteiger partial charge in [-0.1, -0.05) is 35.9 Å². The second-order valence-corrected chi connectivity index (χ2v) is 7.11. The summed E-state index contributed by atoms with van der Waals surface area (Å²) in [7, 11) is 0. The SMILES string of the molecule is Cc1c(-c2csc(Nc3cccc(Cl)c3)n2)nnc2c(C)cccc12. The normalized spacial score (nSPS) is 11.0. The van der Waals surface area contributed by atoms with Crippen LogP contribution in [-0.4, -0.2) is 15.2 Å². The Morgan fingerprint density at radius 3 is 2.72 bits per heavy atom. The molecule has 0 bridgehead atoms. The molecule has 0 saturated carbocycles. The molecule has 0 atom stereocenters. The molecule has 0 amide bonds. The van der Waals surface area contributed by atoms with Crippen molar-refractivity contribution in [2.45, 2.75) is 13.8 Å². The van der Waals surface area contributed by atoms with Crippen LogP contribution in [0, 0.1) is 13.8 Å². The van der Waals surface area contributed by atoms with Gasteiger partial charge in [-0.2, -0.15) is 0 Å². The van der Waals surface area contributed by atoms with Gasteiger partial charge in [-0.3, -0.25) is 0 Å². The van der Waals surface area contributed by atoms with Crippen molar-refractivity contribution in [3.05, 3.63) is 64.0 Å². The minimum atomic E-state index is 0.688. The number of halogens is 1. The predicted octanol–water partition coefficient (Wildman–Crippen LogP) is 5.77. The number of fused-ring (bicyclic) bond motifs is 1. The van der Waals surface area contributed by atoms with Crippen LogP contribution in [0.5, 0.6) is 0 Å². The van der Waals surface area contributed by atoms with Crippen molar-refractivity contribution < 1.29 is 0 Å². The van der Waals surface area contributed by atoms with Crippen LogP contribution >= 0.6 is 22.9 Å². The van der Waals surface area contributed by atoms with Crippen molar-refractivity contribution in [1.82, 2.24) is 15.2 Å². The van der Waals surface area contributed by atoms with Crippen LogP contribution in [0.1, 0.15) is 11.1 Å². The van der Waals surface area contributed by atoms with Gasteiger partial charge >= 0.3 is 0 Å². The van der Waals surface area contributed by atoms with Crippen LogP contribution in [0.15, 0.2) is 47.8 Å². The lowest BCUT2D eigenvalue weighted by Crippen LogP contribution is -1.96. The largest absolute Gasteiger partial charge is 0.331 e. The molecule has 0 radical (unpaired) electrons. The molecule has 4 nitrogen and oxygen atoms in total. The Labute approximate surface area is 154 Å². The Hall–Kier alpha value is -2.50. The summed E-state index contributed by atoms with van der Waals surface area (Å²) >= 11 is 7.56. The number of thiazole rings is 1. The third-order valence-corrected chi connectivity index (χ3v) is 5.06. The molecule has 2 aromatic heterocycles. The van der Waals surface area contributed by atoms with Gasteiger partial charge in [0.1, 0.15) is 11.4 Å². The lowest BCUT2D eigenvalue weighted by molar-refractivity contribution is 1.05. The van der Waals surface area contributed by atoms with Crippen molar-refractivity contribution in [3.63, 3.8) is 0 Å². The molecular weight excluding hydrogens is 352 g/mol. The van der Waals surface area contributed by atoms with Crippen LogP contribution in [0.25, 0.3) is 22.3 Å². The van der Waals surface area contributed by atoms with E-state index in [9.17, 15) is 0 Å². The molecule has 4 aromatic rings. The molecule has 0 saturated heterocycles. The van der Waals surface area contributed by atoms with Gasteiger partial charge in [-0.15, -0.1) is 21.5 Å². The van der Waals surface area contributed by atoms with Gasteiger partial charge in [0.25, 0.3) is 0 Å². The zero-order valence-corrected chi connectivity index (χ0v) is 15.3. The monoisotopic (exact) mass is 366 g/mol. The van der Waals surface area contributed by atoms with Crippen molar-refractivity contribution in [2.24, 2.45) is 0 Å². The van der Waals surface area contributed by atoms with Crippen LogP contribution in [0.3, 0.4) is 0 Å². The van der Waals surface area contributed by atoms with Gasteiger partial charge in [0, 0.05) is 21.5 Å². The molecule has 2 heterocycles. The number of hydrogen-bond donors (Lipinski definition) is 1. The highest BCUT2D eigenvalue weighted by molar-refractivity contribution is 7.14. The maximum Gasteiger partial charge on any atom is 0.187 e. The quantitative estimate of drug-likeness (QED) is 0.500. The Balaban J connectivity index is 1.70. The lowest BCUT2D eigenvalue weighted by atomic mass is 10.0. The van der Waals surface area contributed by atoms with Gasteiger partial charge in [-0.25, -0.2) is 4.98 Å². The van der Waals surface area contributed by atoms with Crippen LogP contribution < -0.4 is 5.32 Å². The van der Waals surface area contributed by atoms with Crippen LogP contribution in [0.4, 0.5) is 10.8 Å². The first-order chi connectivity index (χ1) is 12.1. The predicted molar refractivity (Wildman–Crippen MR) is 105 cm³/mol. The summed E-state index contributed by atoms with van der Waals surface area (Å²) in [6, 6.07) is 13.7. The average Bonchev–Trinajstić information content (AvgIpc) is 3.04. The number of aromatic nitrogens is 3. The summed E-state index contributed by atoms with van der Waals surface area (Å²) < 4.78 is 0. The van der Waals surface area contributed by atoms with Gasteiger partial charge < -0.3 is 5.32 Å². The highest BCUT2D eigenvalue weighted by Gasteiger charge is 2.13. The van der Waals surface area contributed by atoms with Crippen molar-refractivity contribution in [2.75, 3.05) is 5.32 Å². The minimum absolute atomic E-state index is 0.688. The first-order valence-electron chi connectivity index (χ1n) is 7.83. The van der Waals surface area contributed by atoms with E-state index in [2.05, 4.69) is 33.5 Å². The van der Waals surface area contributed by atoms with Crippen molar-refractivity contribution >= 4 is 44.7 Å². The molecule has 6 heteroatoms. The molecule has 25 heavy (non-hydrogen) atoms. The fourth-order valence-electron chi connectivity index (χ4n) is 2.77. The number of rotatable bonds is 3. The minimum Gasteiger partial charge on any atom is -0.331 e. The van der Waals surface area contributed by atoms with Gasteiger partial charge in [0.15, 0.2) is 5.13 Å². The van der Waals surface area contributed by atoms with Gasteiger partial charge in [-0.05, 0) is 43.2 Å². The fraction of sp³-hybridized carbons (Fsp3) is 0.105. The third kappa shape index (κ3) is 3.08. The third-order valence-electron chi connectivity index (χ3n) is 4.07. The first kappa shape index (κ1) is 16.0. The Morgan fingerprint density at radius 1 is 1.04 bits per heavy atom. The van der Waals surface area contributed by atoms with E-state index in [-0.39, 0.29) is 0 Å². The summed E-state index contributed by atoms with van der Waals surface area (Å²) in [5.74, 6) is 0. The number of nitrogens with zero attached hydrogens (tertiary/aromatic N) is 3. The lowest BCUT2D eigenvalue weighted by Gasteiger charge is -2.07. The first-order valence-corrected chi connectivity index (χ1v) is 9.08. The molecule has 0 unspecified atom stereocenters. The molecule has 0 aliphatic heterocycles. The smallest absolute Gasteiger partial charge is 0.187 e. The molecule has 0 aliphatic carbocycles. The van der Waals surface area contributed by atoms with Crippen LogP contribution in [-0.2, 0) is 0 Å². The zero-order chi connectivity index (χ0) is 17.4. The topological polar surface area (TPSA) is 50.7 Å². The maximum atomic E-state index is 6.03. The zero-order valence-electron chi connectivity index (χ0n) is 13.7. The highest BCUT2D eigenvalue weighted by Crippen LogP contribution is 2.31. The molecular formula is C19H15ClN4S. The summed E-state index contributed by atoms with van der Waals surface area (Å²) in [5, 5.41) is 16.7. The number of nitrogens with one attached hydrogen (secondary N) is 1. The molecule has 4 rings (SSSR count). The Morgan fingerprint density at radius 2 is 1.88 bits per heavy atom. The molecule has 124 valence electrons.